The van der Waals surface area contributed by atoms with E-state index in [0.29, 0.717) is 6.54 Å². The number of hydrogen-bond acceptors (Lipinski definition) is 4. The van der Waals surface area contributed by atoms with Gasteiger partial charge in [-0.2, -0.15) is 5.26 Å². The van der Waals surface area contributed by atoms with E-state index in [2.05, 4.69) is 11.4 Å². The van der Waals surface area contributed by atoms with Crippen molar-refractivity contribution in [3.63, 3.8) is 0 Å². The summed E-state index contributed by atoms with van der Waals surface area (Å²) >= 11 is 0. The summed E-state index contributed by atoms with van der Waals surface area (Å²) in [4.78, 5) is 0. The first-order valence-electron chi connectivity index (χ1n) is 6.78. The van der Waals surface area contributed by atoms with Gasteiger partial charge in [0.1, 0.15) is 17.5 Å². The molecule has 0 aliphatic carbocycles. The fraction of sp³-hybridized carbons (Fsp3) is 0.235. The molecule has 0 saturated heterocycles. The first-order chi connectivity index (χ1) is 10.2. The van der Waals surface area contributed by atoms with Crippen molar-refractivity contribution in [1.82, 2.24) is 5.32 Å². The van der Waals surface area contributed by atoms with Gasteiger partial charge in [0, 0.05) is 6.54 Å². The van der Waals surface area contributed by atoms with Crippen LogP contribution in [0.4, 0.5) is 0 Å². The van der Waals surface area contributed by atoms with Gasteiger partial charge in [-0.05, 0) is 41.8 Å². The van der Waals surface area contributed by atoms with Gasteiger partial charge in [-0.25, -0.2) is 0 Å². The van der Waals surface area contributed by atoms with Crippen LogP contribution in [-0.4, -0.2) is 18.8 Å². The number of nitriles is 1. The molecule has 0 fully saturated rings. The topological polar surface area (TPSA) is 65.3 Å². The third kappa shape index (κ3) is 4.23. The van der Waals surface area contributed by atoms with Gasteiger partial charge in [-0.1, -0.05) is 24.3 Å². The normalized spacial score (nSPS) is 11.6. The summed E-state index contributed by atoms with van der Waals surface area (Å²) < 4.78 is 5.12. The lowest BCUT2D eigenvalue weighted by Gasteiger charge is -2.12. The van der Waals surface area contributed by atoms with E-state index in [4.69, 9.17) is 4.74 Å². The van der Waals surface area contributed by atoms with E-state index >= 15 is 0 Å². The van der Waals surface area contributed by atoms with Crippen LogP contribution in [0, 0.1) is 11.3 Å². The molecule has 108 valence electrons. The first-order valence-corrected chi connectivity index (χ1v) is 6.78. The molecule has 0 bridgehead atoms. The molecule has 0 aromatic heterocycles. The first kappa shape index (κ1) is 14.9. The van der Waals surface area contributed by atoms with Crippen LogP contribution in [0.3, 0.4) is 0 Å². The standard InChI is InChI=1S/C17H18N2O2/c1-21-16-8-2-13(3-9-16)10-11-19-17(12-18)14-4-6-15(20)7-5-14/h2-9,17,19-20H,10-11H2,1H3. The molecular weight excluding hydrogens is 264 g/mol. The van der Waals surface area contributed by atoms with Crippen molar-refractivity contribution in [2.75, 3.05) is 13.7 Å². The Balaban J connectivity index is 1.88. The number of nitrogens with one attached hydrogen (secondary N) is 1. The van der Waals surface area contributed by atoms with Gasteiger partial charge in [-0.15, -0.1) is 0 Å². The third-order valence-electron chi connectivity index (χ3n) is 3.28. The summed E-state index contributed by atoms with van der Waals surface area (Å²) in [5, 5.41) is 21.7. The van der Waals surface area contributed by atoms with Crippen LogP contribution in [-0.2, 0) is 6.42 Å². The molecule has 0 spiro atoms. The van der Waals surface area contributed by atoms with E-state index in [0.717, 1.165) is 17.7 Å². The van der Waals surface area contributed by atoms with Crippen molar-refractivity contribution in [2.45, 2.75) is 12.5 Å². The summed E-state index contributed by atoms with van der Waals surface area (Å²) in [6.45, 7) is 0.700. The molecule has 0 aliphatic rings. The number of methoxy groups -OCH3 is 1. The average molecular weight is 282 g/mol. The van der Waals surface area contributed by atoms with Gasteiger partial charge in [0.25, 0.3) is 0 Å². The summed E-state index contributed by atoms with van der Waals surface area (Å²) in [6.07, 6.45) is 0.834. The van der Waals surface area contributed by atoms with Crippen LogP contribution in [0.25, 0.3) is 0 Å². The molecule has 2 aromatic rings. The van der Waals surface area contributed by atoms with Crippen molar-refractivity contribution in [3.8, 4) is 17.6 Å². The highest BCUT2D eigenvalue weighted by molar-refractivity contribution is 5.31. The molecule has 2 rings (SSSR count). The summed E-state index contributed by atoms with van der Waals surface area (Å²) in [5.41, 5.74) is 2.04. The zero-order valence-electron chi connectivity index (χ0n) is 11.9. The lowest BCUT2D eigenvalue weighted by atomic mass is 10.1. The number of rotatable bonds is 6. The molecule has 4 heteroatoms. The predicted octanol–water partition coefficient (Wildman–Crippen LogP) is 2.80. The minimum absolute atomic E-state index is 0.202. The van der Waals surface area contributed by atoms with Gasteiger partial charge in [-0.3, -0.25) is 5.32 Å². The Morgan fingerprint density at radius 1 is 1.14 bits per heavy atom. The van der Waals surface area contributed by atoms with Gasteiger partial charge in [0.15, 0.2) is 0 Å². The second kappa shape index (κ2) is 7.32. The fourth-order valence-electron chi connectivity index (χ4n) is 2.06. The van der Waals surface area contributed by atoms with Crippen LogP contribution in [0.5, 0.6) is 11.5 Å². The highest BCUT2D eigenvalue weighted by atomic mass is 16.5. The summed E-state index contributed by atoms with van der Waals surface area (Å²) in [7, 11) is 1.64. The minimum atomic E-state index is -0.371. The molecule has 2 aromatic carbocycles. The maximum Gasteiger partial charge on any atom is 0.121 e. The smallest absolute Gasteiger partial charge is 0.121 e. The largest absolute Gasteiger partial charge is 0.508 e. The van der Waals surface area contributed by atoms with Crippen molar-refractivity contribution in [3.05, 3.63) is 59.7 Å². The van der Waals surface area contributed by atoms with E-state index in [-0.39, 0.29) is 11.8 Å². The number of benzene rings is 2. The van der Waals surface area contributed by atoms with Crippen molar-refractivity contribution >= 4 is 0 Å². The minimum Gasteiger partial charge on any atom is -0.508 e. The molecule has 21 heavy (non-hydrogen) atoms. The second-order valence-corrected chi connectivity index (χ2v) is 4.71. The van der Waals surface area contributed by atoms with E-state index < -0.39 is 0 Å². The Labute approximate surface area is 124 Å². The molecule has 0 heterocycles. The van der Waals surface area contributed by atoms with Gasteiger partial charge in [0.2, 0.25) is 0 Å². The van der Waals surface area contributed by atoms with Gasteiger partial charge < -0.3 is 9.84 Å². The highest BCUT2D eigenvalue weighted by Crippen LogP contribution is 2.16. The Morgan fingerprint density at radius 3 is 2.38 bits per heavy atom. The number of aromatic hydroxyl groups is 1. The maximum absolute atomic E-state index is 9.27. The van der Waals surface area contributed by atoms with Crippen LogP contribution < -0.4 is 10.1 Å². The van der Waals surface area contributed by atoms with Crippen LogP contribution in [0.15, 0.2) is 48.5 Å². The van der Waals surface area contributed by atoms with E-state index in [1.54, 1.807) is 31.4 Å². The van der Waals surface area contributed by atoms with Crippen molar-refractivity contribution < 1.29 is 9.84 Å². The Morgan fingerprint density at radius 2 is 1.81 bits per heavy atom. The molecule has 2 N–H and O–H groups in total. The molecule has 0 saturated carbocycles. The SMILES string of the molecule is COc1ccc(CCNC(C#N)c2ccc(O)cc2)cc1. The van der Waals surface area contributed by atoms with E-state index in [1.807, 2.05) is 24.3 Å². The lowest BCUT2D eigenvalue weighted by molar-refractivity contribution is 0.414. The average Bonchev–Trinajstić information content (AvgIpc) is 2.53. The zero-order chi connectivity index (χ0) is 15.1. The quantitative estimate of drug-likeness (QED) is 0.855. The van der Waals surface area contributed by atoms with Crippen molar-refractivity contribution in [1.29, 1.82) is 5.26 Å². The van der Waals surface area contributed by atoms with Gasteiger partial charge in [0.05, 0.1) is 13.2 Å². The molecule has 1 unspecified atom stereocenters. The molecule has 1 atom stereocenters. The summed E-state index contributed by atoms with van der Waals surface area (Å²) in [6, 6.07) is 16.4. The van der Waals surface area contributed by atoms with Crippen molar-refractivity contribution in [2.24, 2.45) is 0 Å². The Kier molecular flexibility index (Phi) is 5.19. The molecule has 0 aliphatic heterocycles. The number of ether oxygens (including phenoxy) is 1. The predicted molar refractivity (Wildman–Crippen MR) is 81.2 cm³/mol. The molecule has 0 amide bonds. The van der Waals surface area contributed by atoms with Gasteiger partial charge >= 0.3 is 0 Å². The maximum atomic E-state index is 9.27. The van der Waals surface area contributed by atoms with E-state index in [1.165, 1.54) is 5.56 Å². The lowest BCUT2D eigenvalue weighted by Crippen LogP contribution is -2.22. The summed E-state index contributed by atoms with van der Waals surface area (Å²) in [5.74, 6) is 1.04. The number of nitrogens with zero attached hydrogens (tertiary/aromatic N) is 1. The second-order valence-electron chi connectivity index (χ2n) is 4.71. The highest BCUT2D eigenvalue weighted by Gasteiger charge is 2.09. The third-order valence-corrected chi connectivity index (χ3v) is 3.28. The van der Waals surface area contributed by atoms with Crippen LogP contribution in [0.1, 0.15) is 17.2 Å². The number of phenols is 1. The zero-order valence-corrected chi connectivity index (χ0v) is 11.9. The monoisotopic (exact) mass is 282 g/mol. The Bertz CT molecular complexity index is 600. The van der Waals surface area contributed by atoms with E-state index in [9.17, 15) is 10.4 Å². The Hall–Kier alpha value is -2.51. The molecule has 4 nitrogen and oxygen atoms in total. The number of phenolic OH excluding ortho intramolecular Hbond substituents is 1. The van der Waals surface area contributed by atoms with Crippen LogP contribution >= 0.6 is 0 Å². The van der Waals surface area contributed by atoms with Crippen LogP contribution in [0.2, 0.25) is 0 Å². The molecule has 0 radical (unpaired) electrons. The molecular formula is C17H18N2O2. The number of hydrogen-bond donors (Lipinski definition) is 2. The fourth-order valence-corrected chi connectivity index (χ4v) is 2.06.